The molecule has 0 aromatic carbocycles. The topological polar surface area (TPSA) is 52.6 Å². The van der Waals surface area contributed by atoms with Crippen LogP contribution in [0.2, 0.25) is 0 Å². The van der Waals surface area contributed by atoms with E-state index in [1.807, 2.05) is 0 Å². The minimum Gasteiger partial charge on any atom is -0.478 e. The molecular formula is C6H10Cl2N2O2. The number of hydrogen-bond donors (Lipinski definition) is 2. The molecule has 0 aromatic heterocycles. The highest BCUT2D eigenvalue weighted by Crippen LogP contribution is 2.26. The van der Waals surface area contributed by atoms with Gasteiger partial charge in [-0.2, -0.15) is 0 Å². The molecule has 12 heavy (non-hydrogen) atoms. The molecule has 2 N–H and O–H groups in total. The number of alkyl halides is 2. The molecule has 0 atom stereocenters. The maximum Gasteiger partial charge on any atom is 0.355 e. The first-order valence-electron chi connectivity index (χ1n) is 3.62. The van der Waals surface area contributed by atoms with Gasteiger partial charge in [0.15, 0.2) is 0 Å². The first-order chi connectivity index (χ1) is 5.55. The predicted molar refractivity (Wildman–Crippen MR) is 46.5 cm³/mol. The second-order valence-corrected chi connectivity index (χ2v) is 3.87. The monoisotopic (exact) mass is 212 g/mol. The largest absolute Gasteiger partial charge is 0.478 e. The number of halogens is 2. The van der Waals surface area contributed by atoms with E-state index in [4.69, 9.17) is 28.3 Å². The summed E-state index contributed by atoms with van der Waals surface area (Å²) in [5, 5.41) is 11.7. The van der Waals surface area contributed by atoms with Crippen LogP contribution in [-0.2, 0) is 4.79 Å². The Kier molecular flexibility index (Phi) is 3.17. The third kappa shape index (κ3) is 2.01. The van der Waals surface area contributed by atoms with Crippen LogP contribution in [0.15, 0.2) is 0 Å². The Morgan fingerprint density at radius 3 is 2.33 bits per heavy atom. The Bertz CT molecular complexity index is 180. The fourth-order valence-corrected chi connectivity index (χ4v) is 1.42. The van der Waals surface area contributed by atoms with Gasteiger partial charge >= 0.3 is 5.97 Å². The van der Waals surface area contributed by atoms with Gasteiger partial charge in [0, 0.05) is 26.2 Å². The molecule has 1 saturated heterocycles. The van der Waals surface area contributed by atoms with E-state index >= 15 is 0 Å². The van der Waals surface area contributed by atoms with Crippen LogP contribution in [0, 0.1) is 0 Å². The molecule has 0 spiro atoms. The fraction of sp³-hybridized carbons (Fsp3) is 0.833. The number of piperazine rings is 1. The van der Waals surface area contributed by atoms with Crippen LogP contribution in [0.3, 0.4) is 0 Å². The molecule has 1 aliphatic rings. The molecular weight excluding hydrogens is 203 g/mol. The second-order valence-electron chi connectivity index (χ2n) is 2.58. The molecule has 1 rings (SSSR count). The van der Waals surface area contributed by atoms with Crippen LogP contribution in [0.4, 0.5) is 0 Å². The van der Waals surface area contributed by atoms with Crippen LogP contribution in [0.5, 0.6) is 0 Å². The van der Waals surface area contributed by atoms with E-state index in [9.17, 15) is 4.79 Å². The van der Waals surface area contributed by atoms with Crippen molar-refractivity contribution in [1.82, 2.24) is 10.2 Å². The summed E-state index contributed by atoms with van der Waals surface area (Å²) in [5.41, 5.74) is 0. The lowest BCUT2D eigenvalue weighted by Gasteiger charge is -2.33. The number of rotatable bonds is 2. The summed E-state index contributed by atoms with van der Waals surface area (Å²) in [5.74, 6) is -1.22. The Hall–Kier alpha value is -0.0300. The van der Waals surface area contributed by atoms with E-state index in [0.29, 0.717) is 26.2 Å². The van der Waals surface area contributed by atoms with Gasteiger partial charge in [0.2, 0.25) is 0 Å². The number of aliphatic carboxylic acids is 1. The zero-order chi connectivity index (χ0) is 9.19. The molecule has 0 amide bonds. The molecule has 0 unspecified atom stereocenters. The van der Waals surface area contributed by atoms with Crippen molar-refractivity contribution in [2.45, 2.75) is 4.46 Å². The van der Waals surface area contributed by atoms with Gasteiger partial charge in [0.05, 0.1) is 0 Å². The van der Waals surface area contributed by atoms with Gasteiger partial charge in [-0.1, -0.05) is 23.2 Å². The van der Waals surface area contributed by atoms with Crippen molar-refractivity contribution in [3.63, 3.8) is 0 Å². The minimum absolute atomic E-state index is 0.555. The van der Waals surface area contributed by atoms with E-state index in [1.54, 1.807) is 0 Å². The van der Waals surface area contributed by atoms with Crippen molar-refractivity contribution >= 4 is 29.2 Å². The Labute approximate surface area is 80.4 Å². The van der Waals surface area contributed by atoms with Crippen LogP contribution < -0.4 is 5.32 Å². The quantitative estimate of drug-likeness (QED) is 0.504. The summed E-state index contributed by atoms with van der Waals surface area (Å²) in [6.07, 6.45) is 0. The summed E-state index contributed by atoms with van der Waals surface area (Å²) in [7, 11) is 0. The Balaban J connectivity index is 2.59. The lowest BCUT2D eigenvalue weighted by Crippen LogP contribution is -2.54. The van der Waals surface area contributed by atoms with Crippen molar-refractivity contribution in [2.75, 3.05) is 26.2 Å². The van der Waals surface area contributed by atoms with Gasteiger partial charge in [0.25, 0.3) is 4.46 Å². The van der Waals surface area contributed by atoms with Gasteiger partial charge in [-0.05, 0) is 0 Å². The van der Waals surface area contributed by atoms with E-state index in [2.05, 4.69) is 5.32 Å². The van der Waals surface area contributed by atoms with E-state index < -0.39 is 10.4 Å². The van der Waals surface area contributed by atoms with Crippen molar-refractivity contribution in [3.05, 3.63) is 0 Å². The molecule has 0 radical (unpaired) electrons. The highest BCUT2D eigenvalue weighted by atomic mass is 35.5. The molecule has 0 aliphatic carbocycles. The minimum atomic E-state index is -1.78. The lowest BCUT2D eigenvalue weighted by atomic mass is 10.3. The molecule has 70 valence electrons. The first kappa shape index (κ1) is 10.1. The van der Waals surface area contributed by atoms with Gasteiger partial charge < -0.3 is 10.4 Å². The summed E-state index contributed by atoms with van der Waals surface area (Å²) in [6, 6.07) is 0. The van der Waals surface area contributed by atoms with Crippen LogP contribution >= 0.6 is 23.2 Å². The highest BCUT2D eigenvalue weighted by molar-refractivity contribution is 6.56. The number of nitrogens with one attached hydrogen (secondary N) is 1. The average Bonchev–Trinajstić information content (AvgIpc) is 2.06. The number of carbonyl (C=O) groups is 1. The van der Waals surface area contributed by atoms with Crippen molar-refractivity contribution in [3.8, 4) is 0 Å². The Morgan fingerprint density at radius 2 is 1.92 bits per heavy atom. The van der Waals surface area contributed by atoms with Gasteiger partial charge in [-0.15, -0.1) is 0 Å². The number of hydrogen-bond acceptors (Lipinski definition) is 3. The van der Waals surface area contributed by atoms with Crippen molar-refractivity contribution in [1.29, 1.82) is 0 Å². The third-order valence-electron chi connectivity index (χ3n) is 1.77. The molecule has 0 saturated carbocycles. The van der Waals surface area contributed by atoms with Crippen LogP contribution in [-0.4, -0.2) is 46.6 Å². The van der Waals surface area contributed by atoms with Crippen LogP contribution in [0.25, 0.3) is 0 Å². The predicted octanol–water partition coefficient (Wildman–Crippen LogP) is 0.108. The molecule has 0 aromatic rings. The molecule has 0 bridgehead atoms. The zero-order valence-electron chi connectivity index (χ0n) is 6.39. The molecule has 1 heterocycles. The van der Waals surface area contributed by atoms with Gasteiger partial charge in [-0.25, -0.2) is 4.79 Å². The fourth-order valence-electron chi connectivity index (χ4n) is 1.08. The normalized spacial score (nSPS) is 20.8. The summed E-state index contributed by atoms with van der Waals surface area (Å²) in [4.78, 5) is 12.1. The number of nitrogens with zero attached hydrogens (tertiary/aromatic N) is 1. The maximum atomic E-state index is 10.6. The summed E-state index contributed by atoms with van der Waals surface area (Å²) in [6.45, 7) is 2.54. The van der Waals surface area contributed by atoms with E-state index in [1.165, 1.54) is 4.90 Å². The maximum absolute atomic E-state index is 10.6. The molecule has 6 heteroatoms. The average molecular weight is 213 g/mol. The van der Waals surface area contributed by atoms with Crippen molar-refractivity contribution < 1.29 is 9.90 Å². The molecule has 4 nitrogen and oxygen atoms in total. The first-order valence-corrected chi connectivity index (χ1v) is 4.37. The summed E-state index contributed by atoms with van der Waals surface area (Å²) < 4.78 is -1.78. The Morgan fingerprint density at radius 1 is 1.42 bits per heavy atom. The van der Waals surface area contributed by atoms with Crippen molar-refractivity contribution in [2.24, 2.45) is 0 Å². The molecule has 1 aliphatic heterocycles. The lowest BCUT2D eigenvalue weighted by molar-refractivity contribution is -0.142. The van der Waals surface area contributed by atoms with Gasteiger partial charge in [-0.3, -0.25) is 4.90 Å². The van der Waals surface area contributed by atoms with Crippen LogP contribution in [0.1, 0.15) is 0 Å². The second kappa shape index (κ2) is 3.79. The number of carboxylic acid groups (broad SMARTS) is 1. The standard InChI is InChI=1S/C6H10Cl2N2O2/c7-6(8,5(11)12)10-3-1-9-2-4-10/h9H,1-4H2,(H,11,12). The third-order valence-corrected chi connectivity index (χ3v) is 2.57. The highest BCUT2D eigenvalue weighted by Gasteiger charge is 2.40. The smallest absolute Gasteiger partial charge is 0.355 e. The van der Waals surface area contributed by atoms with E-state index in [-0.39, 0.29) is 0 Å². The van der Waals surface area contributed by atoms with E-state index in [0.717, 1.165) is 0 Å². The molecule has 1 fully saturated rings. The summed E-state index contributed by atoms with van der Waals surface area (Å²) >= 11 is 11.2. The SMILES string of the molecule is O=C(O)C(Cl)(Cl)N1CCNCC1. The number of carboxylic acids is 1. The zero-order valence-corrected chi connectivity index (χ0v) is 7.90. The van der Waals surface area contributed by atoms with Gasteiger partial charge in [0.1, 0.15) is 0 Å².